The summed E-state index contributed by atoms with van der Waals surface area (Å²) in [4.78, 5) is 0. The molecular formula is C44H30N4. The van der Waals surface area contributed by atoms with Crippen molar-refractivity contribution in [3.8, 4) is 23.5 Å². The monoisotopic (exact) mass is 614 g/mol. The van der Waals surface area contributed by atoms with E-state index in [-0.39, 0.29) is 5.57 Å². The van der Waals surface area contributed by atoms with Gasteiger partial charge in [0.15, 0.2) is 0 Å². The van der Waals surface area contributed by atoms with Gasteiger partial charge in [0.2, 0.25) is 0 Å². The summed E-state index contributed by atoms with van der Waals surface area (Å²) in [5.41, 5.74) is 9.78. The first-order valence-electron chi connectivity index (χ1n) is 16.5. The lowest BCUT2D eigenvalue weighted by molar-refractivity contribution is 0.667. The molecule has 0 aliphatic heterocycles. The quantitative estimate of drug-likeness (QED) is 0.185. The largest absolute Gasteiger partial charge is 0.317 e. The Hall–Kier alpha value is -6.36. The second-order valence-electron chi connectivity index (χ2n) is 12.6. The molecule has 6 aromatic carbocycles. The molecule has 0 fully saturated rings. The molecule has 2 aromatic heterocycles. The number of allylic oxidation sites excluding steroid dienone is 1. The highest BCUT2D eigenvalue weighted by atomic mass is 15.0. The lowest BCUT2D eigenvalue weighted by Gasteiger charge is -2.17. The van der Waals surface area contributed by atoms with Crippen LogP contribution in [0.5, 0.6) is 0 Å². The Labute approximate surface area is 278 Å². The van der Waals surface area contributed by atoms with Gasteiger partial charge in [0.25, 0.3) is 0 Å². The van der Waals surface area contributed by atoms with Crippen LogP contribution in [-0.2, 0) is 12.8 Å². The van der Waals surface area contributed by atoms with Crippen LogP contribution in [0.3, 0.4) is 0 Å². The third-order valence-electron chi connectivity index (χ3n) is 10.1. The molecule has 8 aromatic rings. The molecule has 4 nitrogen and oxygen atoms in total. The van der Waals surface area contributed by atoms with Crippen LogP contribution in [0.4, 0.5) is 0 Å². The van der Waals surface area contributed by atoms with Gasteiger partial charge in [-0.25, -0.2) is 0 Å². The number of aromatic nitrogens is 2. The number of benzene rings is 6. The van der Waals surface area contributed by atoms with Gasteiger partial charge in [-0.1, -0.05) is 84.9 Å². The standard InChI is InChI=1S/C44H30N4/c45-27-33(28-46)43(31-13-19-34(20-14-31)47-26-25-38-36-9-3-1-7-29(36)17-23-40(38)47)32-15-21-35(22-16-32)48-41-12-6-5-11-39(41)44-37-10-4-2-8-30(37)18-24-42(44)48/h1-4,7-10,13-26H,5-6,11-12H2. The third kappa shape index (κ3) is 4.28. The van der Waals surface area contributed by atoms with Crippen LogP contribution >= 0.6 is 0 Å². The van der Waals surface area contributed by atoms with Crippen LogP contribution in [-0.4, -0.2) is 9.13 Å². The normalized spacial score (nSPS) is 12.6. The Morgan fingerprint density at radius 2 is 1.15 bits per heavy atom. The highest BCUT2D eigenvalue weighted by molar-refractivity contribution is 6.10. The van der Waals surface area contributed by atoms with Crippen molar-refractivity contribution in [1.29, 1.82) is 10.5 Å². The summed E-state index contributed by atoms with van der Waals surface area (Å²) in [5.74, 6) is 0. The van der Waals surface area contributed by atoms with Crippen molar-refractivity contribution in [2.24, 2.45) is 0 Å². The van der Waals surface area contributed by atoms with E-state index < -0.39 is 0 Å². The number of hydrogen-bond donors (Lipinski definition) is 0. The van der Waals surface area contributed by atoms with Crippen LogP contribution in [0.1, 0.15) is 35.2 Å². The number of fused-ring (bicyclic) bond motifs is 8. The van der Waals surface area contributed by atoms with E-state index in [1.807, 2.05) is 12.1 Å². The molecule has 0 radical (unpaired) electrons. The fraction of sp³-hybridized carbons (Fsp3) is 0.0909. The predicted molar refractivity (Wildman–Crippen MR) is 195 cm³/mol. The molecule has 226 valence electrons. The maximum atomic E-state index is 10.0. The average Bonchev–Trinajstić information content (AvgIpc) is 3.74. The first-order chi connectivity index (χ1) is 23.7. The molecule has 0 bridgehead atoms. The molecule has 2 heterocycles. The summed E-state index contributed by atoms with van der Waals surface area (Å²) < 4.78 is 4.61. The van der Waals surface area contributed by atoms with Gasteiger partial charge in [-0.05, 0) is 106 Å². The van der Waals surface area contributed by atoms with E-state index in [0.29, 0.717) is 5.57 Å². The lowest BCUT2D eigenvalue weighted by atomic mass is 9.93. The maximum Gasteiger partial charge on any atom is 0.138 e. The average molecular weight is 615 g/mol. The Bertz CT molecular complexity index is 2650. The molecule has 0 spiro atoms. The molecule has 9 rings (SSSR count). The van der Waals surface area contributed by atoms with Gasteiger partial charge in [0, 0.05) is 39.6 Å². The van der Waals surface area contributed by atoms with Crippen LogP contribution in [0.15, 0.2) is 139 Å². The van der Waals surface area contributed by atoms with Gasteiger partial charge in [-0.15, -0.1) is 0 Å². The Kier molecular flexibility index (Phi) is 6.49. The van der Waals surface area contributed by atoms with E-state index in [1.165, 1.54) is 61.9 Å². The second-order valence-corrected chi connectivity index (χ2v) is 12.6. The van der Waals surface area contributed by atoms with Crippen molar-refractivity contribution in [3.63, 3.8) is 0 Å². The van der Waals surface area contributed by atoms with Gasteiger partial charge in [0.1, 0.15) is 17.7 Å². The van der Waals surface area contributed by atoms with Crippen LogP contribution < -0.4 is 0 Å². The molecule has 0 unspecified atom stereocenters. The highest BCUT2D eigenvalue weighted by Crippen LogP contribution is 2.39. The number of rotatable bonds is 4. The maximum absolute atomic E-state index is 10.0. The molecule has 4 heteroatoms. The lowest BCUT2D eigenvalue weighted by Crippen LogP contribution is -2.07. The first-order valence-corrected chi connectivity index (χ1v) is 16.5. The van der Waals surface area contributed by atoms with Crippen molar-refractivity contribution >= 4 is 48.9 Å². The van der Waals surface area contributed by atoms with E-state index in [1.54, 1.807) is 0 Å². The molecule has 48 heavy (non-hydrogen) atoms. The van der Waals surface area contributed by atoms with Gasteiger partial charge >= 0.3 is 0 Å². The molecule has 0 amide bonds. The van der Waals surface area contributed by atoms with Crippen molar-refractivity contribution < 1.29 is 0 Å². The van der Waals surface area contributed by atoms with E-state index in [4.69, 9.17) is 0 Å². The van der Waals surface area contributed by atoms with Gasteiger partial charge in [0.05, 0.1) is 11.0 Å². The zero-order chi connectivity index (χ0) is 32.2. The number of hydrogen-bond acceptors (Lipinski definition) is 2. The highest BCUT2D eigenvalue weighted by Gasteiger charge is 2.23. The van der Waals surface area contributed by atoms with Crippen LogP contribution in [0, 0.1) is 22.7 Å². The zero-order valence-corrected chi connectivity index (χ0v) is 26.3. The summed E-state index contributed by atoms with van der Waals surface area (Å²) in [5, 5.41) is 27.7. The fourth-order valence-electron chi connectivity index (χ4n) is 7.89. The Morgan fingerprint density at radius 3 is 1.85 bits per heavy atom. The Balaban J connectivity index is 1.12. The van der Waals surface area contributed by atoms with E-state index in [0.717, 1.165) is 40.9 Å². The first kappa shape index (κ1) is 27.9. The van der Waals surface area contributed by atoms with Gasteiger partial charge < -0.3 is 9.13 Å². The summed E-state index contributed by atoms with van der Waals surface area (Å²) in [6, 6.07) is 49.0. The number of nitriles is 2. The fourth-order valence-corrected chi connectivity index (χ4v) is 7.89. The third-order valence-corrected chi connectivity index (χ3v) is 10.1. The number of nitrogens with zero attached hydrogens (tertiary/aromatic N) is 4. The molecule has 0 saturated heterocycles. The molecule has 0 saturated carbocycles. The van der Waals surface area contributed by atoms with E-state index in [9.17, 15) is 10.5 Å². The van der Waals surface area contributed by atoms with Gasteiger partial charge in [-0.2, -0.15) is 10.5 Å². The van der Waals surface area contributed by atoms with E-state index >= 15 is 0 Å². The number of aryl methyl sites for hydroxylation is 1. The van der Waals surface area contributed by atoms with Crippen LogP contribution in [0.25, 0.3) is 60.3 Å². The van der Waals surface area contributed by atoms with Crippen molar-refractivity contribution in [2.45, 2.75) is 25.7 Å². The van der Waals surface area contributed by atoms with Crippen LogP contribution in [0.2, 0.25) is 0 Å². The van der Waals surface area contributed by atoms with Crippen molar-refractivity contribution in [1.82, 2.24) is 9.13 Å². The minimum atomic E-state index is 0.101. The molecule has 1 aliphatic carbocycles. The van der Waals surface area contributed by atoms with Crippen molar-refractivity contribution in [3.05, 3.63) is 162 Å². The molecule has 0 atom stereocenters. The summed E-state index contributed by atoms with van der Waals surface area (Å²) in [6.45, 7) is 0. The molecule has 0 N–H and O–H groups in total. The summed E-state index contributed by atoms with van der Waals surface area (Å²) in [7, 11) is 0. The topological polar surface area (TPSA) is 57.4 Å². The van der Waals surface area contributed by atoms with E-state index in [2.05, 4.69) is 143 Å². The molecule has 1 aliphatic rings. The molecular weight excluding hydrogens is 585 g/mol. The summed E-state index contributed by atoms with van der Waals surface area (Å²) in [6.07, 6.45) is 6.65. The zero-order valence-electron chi connectivity index (χ0n) is 26.3. The summed E-state index contributed by atoms with van der Waals surface area (Å²) >= 11 is 0. The second kappa shape index (κ2) is 11.2. The Morgan fingerprint density at radius 1 is 0.542 bits per heavy atom. The minimum absolute atomic E-state index is 0.101. The predicted octanol–water partition coefficient (Wildman–Crippen LogP) is 10.6. The SMILES string of the molecule is N#CC(C#N)=C(c1ccc(-n2ccc3c4ccccc4ccc32)cc1)c1ccc(-n2c3c(c4c5ccccc5ccc42)CCCC3)cc1. The van der Waals surface area contributed by atoms with Crippen molar-refractivity contribution in [2.75, 3.05) is 0 Å². The van der Waals surface area contributed by atoms with Gasteiger partial charge in [-0.3, -0.25) is 0 Å². The minimum Gasteiger partial charge on any atom is -0.317 e. The smallest absolute Gasteiger partial charge is 0.138 e.